The summed E-state index contributed by atoms with van der Waals surface area (Å²) in [5.41, 5.74) is 1.62. The maximum atomic E-state index is 15.4. The van der Waals surface area contributed by atoms with Crippen LogP contribution in [0.4, 0.5) is 14.5 Å². The molecule has 0 bridgehead atoms. The number of likely N-dealkylation sites (tertiary alicyclic amines) is 1. The monoisotopic (exact) mass is 524 g/mol. The zero-order chi connectivity index (χ0) is 25.4. The molecule has 0 aromatic heterocycles. The number of benzene rings is 3. The van der Waals surface area contributed by atoms with Crippen LogP contribution in [0.5, 0.6) is 0 Å². The molecule has 7 heteroatoms. The smallest absolute Gasteiger partial charge is 0.227 e. The van der Waals surface area contributed by atoms with Crippen molar-refractivity contribution in [3.8, 4) is 0 Å². The van der Waals surface area contributed by atoms with E-state index in [1.54, 1.807) is 41.3 Å². The minimum atomic E-state index is -1.04. The second-order valence-corrected chi connectivity index (χ2v) is 10.1. The summed E-state index contributed by atoms with van der Waals surface area (Å²) in [4.78, 5) is 30.3. The van der Waals surface area contributed by atoms with Gasteiger partial charge in [0.05, 0.1) is 6.42 Å². The molecule has 2 unspecified atom stereocenters. The van der Waals surface area contributed by atoms with Crippen LogP contribution >= 0.6 is 12.4 Å². The largest absolute Gasteiger partial charge is 0.377 e. The van der Waals surface area contributed by atoms with Crippen LogP contribution in [0.15, 0.2) is 72.8 Å². The highest BCUT2D eigenvalue weighted by molar-refractivity contribution is 5.87. The molecule has 3 aromatic rings. The highest BCUT2D eigenvalue weighted by Crippen LogP contribution is 2.53. The van der Waals surface area contributed by atoms with Crippen molar-refractivity contribution in [2.75, 3.05) is 32.1 Å². The minimum absolute atomic E-state index is 0. The van der Waals surface area contributed by atoms with Gasteiger partial charge in [-0.1, -0.05) is 54.6 Å². The van der Waals surface area contributed by atoms with Gasteiger partial charge in [-0.05, 0) is 41.3 Å². The van der Waals surface area contributed by atoms with Gasteiger partial charge in [0, 0.05) is 56.5 Å². The topological polar surface area (TPSA) is 40.6 Å². The summed E-state index contributed by atoms with van der Waals surface area (Å²) < 4.78 is 30.7. The first-order valence-corrected chi connectivity index (χ1v) is 12.4. The van der Waals surface area contributed by atoms with E-state index in [0.29, 0.717) is 17.5 Å². The Morgan fingerprint density at radius 1 is 0.919 bits per heavy atom. The second-order valence-electron chi connectivity index (χ2n) is 10.1. The molecule has 2 fully saturated rings. The molecule has 4 nitrogen and oxygen atoms in total. The number of para-hydroxylation sites is 1. The Kier molecular flexibility index (Phi) is 7.69. The molecule has 0 radical (unpaired) electrons. The first kappa shape index (κ1) is 26.8. The number of anilines is 1. The average molecular weight is 525 g/mol. The lowest BCUT2D eigenvalue weighted by Crippen LogP contribution is -2.48. The summed E-state index contributed by atoms with van der Waals surface area (Å²) in [6, 6.07) is 20.7. The van der Waals surface area contributed by atoms with Crippen molar-refractivity contribution in [2.24, 2.45) is 11.8 Å². The van der Waals surface area contributed by atoms with Gasteiger partial charge in [-0.15, -0.1) is 12.4 Å². The van der Waals surface area contributed by atoms with E-state index in [2.05, 4.69) is 0 Å². The van der Waals surface area contributed by atoms with E-state index in [0.717, 1.165) is 11.3 Å². The van der Waals surface area contributed by atoms with Crippen molar-refractivity contribution < 1.29 is 18.4 Å². The molecule has 1 amide bonds. The minimum Gasteiger partial charge on any atom is -0.377 e. The van der Waals surface area contributed by atoms with E-state index in [9.17, 15) is 9.59 Å². The van der Waals surface area contributed by atoms with Crippen molar-refractivity contribution in [3.05, 3.63) is 101 Å². The molecular formula is C30H31ClF2N2O2. The first-order chi connectivity index (χ1) is 17.3. The second kappa shape index (κ2) is 10.6. The number of hydrogen-bond acceptors (Lipinski definition) is 3. The molecule has 1 saturated carbocycles. The third-order valence-corrected chi connectivity index (χ3v) is 8.01. The van der Waals surface area contributed by atoms with Gasteiger partial charge in [-0.2, -0.15) is 0 Å². The number of nitrogens with zero attached hydrogens (tertiary/aromatic N) is 2. The van der Waals surface area contributed by atoms with E-state index in [4.69, 9.17) is 0 Å². The predicted octanol–water partition coefficient (Wildman–Crippen LogP) is 5.42. The van der Waals surface area contributed by atoms with Gasteiger partial charge in [0.25, 0.3) is 0 Å². The molecule has 194 valence electrons. The third-order valence-electron chi connectivity index (χ3n) is 8.01. The molecule has 0 N–H and O–H groups in total. The van der Waals surface area contributed by atoms with E-state index in [1.165, 1.54) is 12.1 Å². The van der Waals surface area contributed by atoms with Gasteiger partial charge >= 0.3 is 0 Å². The average Bonchev–Trinajstić information content (AvgIpc) is 3.33. The standard InChI is InChI=1S/C30H30F2N2O2.ClH/c1-33(2)27-14-8-3-9-20(27)17-29(36)34-18-21-24(19-34)30(16-15-28(21)35,22-10-4-6-12-25(22)31)23-11-5-7-13-26(23)32;/h3-14,21,24H,15-19H2,1-2H3;1H. The van der Waals surface area contributed by atoms with Crippen LogP contribution in [-0.4, -0.2) is 43.8 Å². The lowest BCUT2D eigenvalue weighted by molar-refractivity contribution is -0.129. The molecule has 5 rings (SSSR count). The fraction of sp³-hybridized carbons (Fsp3) is 0.333. The number of fused-ring (bicyclic) bond motifs is 1. The lowest BCUT2D eigenvalue weighted by Gasteiger charge is -2.45. The lowest BCUT2D eigenvalue weighted by atomic mass is 9.56. The number of carbonyl (C=O) groups excluding carboxylic acids is 2. The van der Waals surface area contributed by atoms with Crippen LogP contribution in [0.2, 0.25) is 0 Å². The zero-order valence-corrected chi connectivity index (χ0v) is 21.8. The van der Waals surface area contributed by atoms with Gasteiger partial charge < -0.3 is 9.80 Å². The number of ketones is 1. The molecule has 2 aliphatic rings. The third kappa shape index (κ3) is 4.63. The van der Waals surface area contributed by atoms with Gasteiger partial charge in [0.2, 0.25) is 5.91 Å². The zero-order valence-electron chi connectivity index (χ0n) is 21.0. The molecule has 1 aliphatic heterocycles. The molecule has 3 aromatic carbocycles. The number of amides is 1. The summed E-state index contributed by atoms with van der Waals surface area (Å²) in [6.45, 7) is 0.555. The van der Waals surface area contributed by atoms with Crippen molar-refractivity contribution in [3.63, 3.8) is 0 Å². The predicted molar refractivity (Wildman–Crippen MR) is 143 cm³/mol. The van der Waals surface area contributed by atoms with Crippen LogP contribution in [0, 0.1) is 23.5 Å². The van der Waals surface area contributed by atoms with Gasteiger partial charge in [-0.3, -0.25) is 9.59 Å². The van der Waals surface area contributed by atoms with Crippen LogP contribution in [0.25, 0.3) is 0 Å². The Balaban J connectivity index is 0.00000320. The van der Waals surface area contributed by atoms with E-state index >= 15 is 8.78 Å². The number of Topliss-reactive ketones (excluding diaryl/α,β-unsaturated/α-hetero) is 1. The van der Waals surface area contributed by atoms with Gasteiger partial charge in [-0.25, -0.2) is 8.78 Å². The first-order valence-electron chi connectivity index (χ1n) is 12.4. The van der Waals surface area contributed by atoms with Crippen LogP contribution in [-0.2, 0) is 21.4 Å². The normalized spacial score (nSPS) is 20.2. The Bertz CT molecular complexity index is 1270. The Labute approximate surface area is 222 Å². The maximum Gasteiger partial charge on any atom is 0.227 e. The van der Waals surface area contributed by atoms with E-state index in [1.807, 2.05) is 43.3 Å². The summed E-state index contributed by atoms with van der Waals surface area (Å²) in [6.07, 6.45) is 0.726. The van der Waals surface area contributed by atoms with Crippen LogP contribution in [0.1, 0.15) is 29.5 Å². The Morgan fingerprint density at radius 3 is 2.08 bits per heavy atom. The Hall–Kier alpha value is -3.25. The van der Waals surface area contributed by atoms with E-state index in [-0.39, 0.29) is 50.0 Å². The van der Waals surface area contributed by atoms with Crippen molar-refractivity contribution in [1.82, 2.24) is 4.90 Å². The van der Waals surface area contributed by atoms with E-state index < -0.39 is 28.9 Å². The number of rotatable bonds is 5. The summed E-state index contributed by atoms with van der Waals surface area (Å²) in [7, 11) is 3.87. The molecule has 2 atom stereocenters. The van der Waals surface area contributed by atoms with Crippen molar-refractivity contribution in [2.45, 2.75) is 24.7 Å². The quantitative estimate of drug-likeness (QED) is 0.447. The highest BCUT2D eigenvalue weighted by Gasteiger charge is 2.56. The fourth-order valence-corrected chi connectivity index (χ4v) is 6.36. The van der Waals surface area contributed by atoms with Crippen molar-refractivity contribution in [1.29, 1.82) is 0 Å². The highest BCUT2D eigenvalue weighted by atomic mass is 35.5. The number of carbonyl (C=O) groups is 2. The maximum absolute atomic E-state index is 15.4. The molecule has 37 heavy (non-hydrogen) atoms. The van der Waals surface area contributed by atoms with Gasteiger partial charge in [0.1, 0.15) is 17.4 Å². The SMILES string of the molecule is CN(C)c1ccccc1CC(=O)N1CC2C(=O)CCC(c3ccccc3F)(c3ccccc3F)C2C1.Cl. The fourth-order valence-electron chi connectivity index (χ4n) is 6.36. The molecular weight excluding hydrogens is 494 g/mol. The summed E-state index contributed by atoms with van der Waals surface area (Å²) >= 11 is 0. The van der Waals surface area contributed by atoms with Crippen molar-refractivity contribution >= 4 is 29.8 Å². The number of hydrogen-bond donors (Lipinski definition) is 0. The molecule has 1 aliphatic carbocycles. The Morgan fingerprint density at radius 2 is 1.49 bits per heavy atom. The number of halogens is 3. The summed E-state index contributed by atoms with van der Waals surface area (Å²) in [5, 5.41) is 0. The van der Waals surface area contributed by atoms with Gasteiger partial charge in [0.15, 0.2) is 0 Å². The molecule has 0 spiro atoms. The van der Waals surface area contributed by atoms with Crippen LogP contribution in [0.3, 0.4) is 0 Å². The summed E-state index contributed by atoms with van der Waals surface area (Å²) in [5.74, 6) is -1.74. The van der Waals surface area contributed by atoms with Crippen LogP contribution < -0.4 is 4.90 Å². The molecule has 1 heterocycles. The molecule has 1 saturated heterocycles.